The fourth-order valence-corrected chi connectivity index (χ4v) is 4.69. The monoisotopic (exact) mass is 445 g/mol. The molecule has 152 valence electrons. The lowest BCUT2D eigenvalue weighted by atomic mass is 10.1. The van der Waals surface area contributed by atoms with Gasteiger partial charge in [-0.15, -0.1) is 0 Å². The van der Waals surface area contributed by atoms with E-state index in [1.807, 2.05) is 0 Å². The second-order valence-corrected chi connectivity index (χ2v) is 10.2. The number of carbonyl (C=O) groups is 1. The molecule has 0 bridgehead atoms. The zero-order valence-corrected chi connectivity index (χ0v) is 17.9. The van der Waals surface area contributed by atoms with Crippen LogP contribution in [0.4, 0.5) is 0 Å². The van der Waals surface area contributed by atoms with Crippen LogP contribution in [0.3, 0.4) is 0 Å². The van der Waals surface area contributed by atoms with E-state index < -0.39 is 31.9 Å². The number of sulfone groups is 1. The third-order valence-corrected chi connectivity index (χ3v) is 7.00. The second-order valence-electron chi connectivity index (χ2n) is 6.06. The van der Waals surface area contributed by atoms with Crippen LogP contribution >= 0.6 is 11.6 Å². The van der Waals surface area contributed by atoms with Crippen molar-refractivity contribution in [2.24, 2.45) is 0 Å². The first-order valence-electron chi connectivity index (χ1n) is 8.19. The molecular weight excluding hydrogens is 426 g/mol. The summed E-state index contributed by atoms with van der Waals surface area (Å²) in [6.45, 7) is 1.79. The summed E-state index contributed by atoms with van der Waals surface area (Å²) >= 11 is 5.94. The Morgan fingerprint density at radius 1 is 1.07 bits per heavy atom. The highest BCUT2D eigenvalue weighted by atomic mass is 35.5. The van der Waals surface area contributed by atoms with Crippen LogP contribution in [0.1, 0.15) is 35.3 Å². The number of carbonyl (C=O) groups excluding carboxylic acids is 1. The van der Waals surface area contributed by atoms with Gasteiger partial charge in [-0.05, 0) is 42.3 Å². The predicted octanol–water partition coefficient (Wildman–Crippen LogP) is 2.96. The van der Waals surface area contributed by atoms with Crippen LogP contribution in [0, 0.1) is 0 Å². The Hall–Kier alpha value is -1.94. The maximum Gasteiger partial charge on any atom is 0.339 e. The smallest absolute Gasteiger partial charge is 0.339 e. The van der Waals surface area contributed by atoms with Gasteiger partial charge in [-0.1, -0.05) is 30.7 Å². The molecule has 28 heavy (non-hydrogen) atoms. The molecule has 1 atom stereocenters. The first-order chi connectivity index (χ1) is 13.0. The van der Waals surface area contributed by atoms with E-state index in [0.29, 0.717) is 12.0 Å². The topological polar surface area (TPSA) is 107 Å². The Balaban J connectivity index is 2.35. The molecule has 0 radical (unpaired) electrons. The van der Waals surface area contributed by atoms with Gasteiger partial charge in [0.2, 0.25) is 10.0 Å². The third-order valence-electron chi connectivity index (χ3n) is 4.07. The van der Waals surface area contributed by atoms with Gasteiger partial charge in [0.15, 0.2) is 9.84 Å². The number of halogens is 1. The Morgan fingerprint density at radius 3 is 2.14 bits per heavy atom. The van der Waals surface area contributed by atoms with Crippen LogP contribution in [0.25, 0.3) is 0 Å². The summed E-state index contributed by atoms with van der Waals surface area (Å²) in [6.07, 6.45) is 1.52. The summed E-state index contributed by atoms with van der Waals surface area (Å²) in [5.41, 5.74) is 0.554. The number of hydrogen-bond acceptors (Lipinski definition) is 6. The van der Waals surface area contributed by atoms with E-state index in [9.17, 15) is 21.6 Å². The molecular formula is C18H20ClNO6S2. The van der Waals surface area contributed by atoms with Crippen molar-refractivity contribution < 1.29 is 26.4 Å². The highest BCUT2D eigenvalue weighted by Crippen LogP contribution is 2.25. The van der Waals surface area contributed by atoms with Crippen molar-refractivity contribution in [3.63, 3.8) is 0 Å². The van der Waals surface area contributed by atoms with E-state index in [1.165, 1.54) is 31.4 Å². The fraction of sp³-hybridized carbons (Fsp3) is 0.278. The van der Waals surface area contributed by atoms with Crippen LogP contribution in [-0.2, 0) is 24.6 Å². The van der Waals surface area contributed by atoms with Gasteiger partial charge in [0.1, 0.15) is 0 Å². The maximum atomic E-state index is 12.8. The van der Waals surface area contributed by atoms with Crippen molar-refractivity contribution in [1.82, 2.24) is 4.72 Å². The first kappa shape index (κ1) is 22.4. The Bertz CT molecular complexity index is 1080. The zero-order chi connectivity index (χ0) is 21.1. The predicted molar refractivity (Wildman–Crippen MR) is 106 cm³/mol. The minimum Gasteiger partial charge on any atom is -0.465 e. The van der Waals surface area contributed by atoms with Crippen LogP contribution in [0.2, 0.25) is 5.02 Å². The molecule has 0 saturated heterocycles. The van der Waals surface area contributed by atoms with Gasteiger partial charge in [0.05, 0.1) is 27.5 Å². The molecule has 2 aromatic carbocycles. The number of rotatable bonds is 7. The molecule has 10 heteroatoms. The molecule has 0 aliphatic carbocycles. The highest BCUT2D eigenvalue weighted by Gasteiger charge is 2.23. The van der Waals surface area contributed by atoms with E-state index in [1.54, 1.807) is 19.1 Å². The molecule has 2 rings (SSSR count). The maximum absolute atomic E-state index is 12.8. The molecule has 0 aliphatic rings. The molecule has 0 heterocycles. The van der Waals surface area contributed by atoms with Gasteiger partial charge in [-0.2, -0.15) is 0 Å². The van der Waals surface area contributed by atoms with Crippen molar-refractivity contribution in [2.45, 2.75) is 29.2 Å². The minimum atomic E-state index is -3.97. The molecule has 0 saturated carbocycles. The van der Waals surface area contributed by atoms with Crippen LogP contribution in [-0.4, -0.2) is 36.2 Å². The minimum absolute atomic E-state index is 0.0578. The van der Waals surface area contributed by atoms with Gasteiger partial charge in [0.25, 0.3) is 0 Å². The molecule has 2 aromatic rings. The lowest BCUT2D eigenvalue weighted by Crippen LogP contribution is -2.28. The van der Waals surface area contributed by atoms with E-state index >= 15 is 0 Å². The van der Waals surface area contributed by atoms with Crippen molar-refractivity contribution in [1.29, 1.82) is 0 Å². The van der Waals surface area contributed by atoms with Gasteiger partial charge in [0, 0.05) is 12.3 Å². The van der Waals surface area contributed by atoms with Crippen LogP contribution < -0.4 is 4.72 Å². The average molecular weight is 446 g/mol. The second kappa shape index (κ2) is 8.60. The molecule has 1 unspecified atom stereocenters. The zero-order valence-electron chi connectivity index (χ0n) is 15.5. The molecule has 0 fully saturated rings. The Morgan fingerprint density at radius 2 is 1.64 bits per heavy atom. The summed E-state index contributed by atoms with van der Waals surface area (Å²) < 4.78 is 55.9. The number of hydrogen-bond donors (Lipinski definition) is 1. The fourth-order valence-electron chi connectivity index (χ4n) is 2.53. The molecule has 0 aromatic heterocycles. The molecule has 1 N–H and O–H groups in total. The summed E-state index contributed by atoms with van der Waals surface area (Å²) in [5, 5.41) is 0.0780. The highest BCUT2D eigenvalue weighted by molar-refractivity contribution is 7.90. The van der Waals surface area contributed by atoms with Crippen molar-refractivity contribution in [3.8, 4) is 0 Å². The summed E-state index contributed by atoms with van der Waals surface area (Å²) in [7, 11) is -6.15. The van der Waals surface area contributed by atoms with Crippen molar-refractivity contribution in [3.05, 3.63) is 58.6 Å². The Kier molecular flexibility index (Phi) is 6.87. The van der Waals surface area contributed by atoms with Gasteiger partial charge in [-0.3, -0.25) is 0 Å². The quantitative estimate of drug-likeness (QED) is 0.656. The molecule has 0 amide bonds. The third kappa shape index (κ3) is 5.11. The first-order valence-corrected chi connectivity index (χ1v) is 11.9. The van der Waals surface area contributed by atoms with Crippen LogP contribution in [0.15, 0.2) is 52.3 Å². The number of ether oxygens (including phenoxy) is 1. The number of nitrogens with one attached hydrogen (secondary N) is 1. The van der Waals surface area contributed by atoms with E-state index in [2.05, 4.69) is 9.46 Å². The van der Waals surface area contributed by atoms with E-state index in [-0.39, 0.29) is 20.4 Å². The largest absolute Gasteiger partial charge is 0.465 e. The number of esters is 1. The van der Waals surface area contributed by atoms with Gasteiger partial charge >= 0.3 is 5.97 Å². The summed E-state index contributed by atoms with van der Waals surface area (Å²) in [6, 6.07) is 9.15. The number of sulfonamides is 1. The van der Waals surface area contributed by atoms with E-state index in [4.69, 9.17) is 11.6 Å². The van der Waals surface area contributed by atoms with Gasteiger partial charge in [-0.25, -0.2) is 26.4 Å². The summed E-state index contributed by atoms with van der Waals surface area (Å²) in [5.74, 6) is -0.745. The lowest BCUT2D eigenvalue weighted by molar-refractivity contribution is 0.0600. The van der Waals surface area contributed by atoms with Crippen LogP contribution in [0.5, 0.6) is 0 Å². The number of methoxy groups -OCH3 is 1. The average Bonchev–Trinajstić information content (AvgIpc) is 2.65. The van der Waals surface area contributed by atoms with E-state index in [0.717, 1.165) is 12.3 Å². The van der Waals surface area contributed by atoms with Crippen molar-refractivity contribution in [2.75, 3.05) is 13.4 Å². The molecule has 0 spiro atoms. The van der Waals surface area contributed by atoms with Crippen molar-refractivity contribution >= 4 is 37.4 Å². The SMILES string of the molecule is CCC(NS(=O)(=O)c1ccc(Cl)c(C(=O)OC)c1)c1ccc(S(C)(=O)=O)cc1. The summed E-state index contributed by atoms with van der Waals surface area (Å²) in [4.78, 5) is 11.8. The molecule has 7 nitrogen and oxygen atoms in total. The normalized spacial score (nSPS) is 13.1. The van der Waals surface area contributed by atoms with Gasteiger partial charge < -0.3 is 4.74 Å². The molecule has 0 aliphatic heterocycles. The standard InChI is InChI=1S/C18H20ClNO6S2/c1-4-17(12-5-7-13(8-6-12)27(3,22)23)20-28(24,25)14-9-10-16(19)15(11-14)18(21)26-2/h5-11,17,20H,4H2,1-3H3. The Labute approximate surface area is 169 Å². The lowest BCUT2D eigenvalue weighted by Gasteiger charge is -2.18. The number of benzene rings is 2.